The van der Waals surface area contributed by atoms with E-state index in [9.17, 15) is 4.79 Å². The van der Waals surface area contributed by atoms with Crippen molar-refractivity contribution in [3.8, 4) is 0 Å². The quantitative estimate of drug-likeness (QED) is 0.874. The Morgan fingerprint density at radius 1 is 1.65 bits per heavy atom. The molecule has 1 saturated heterocycles. The van der Waals surface area contributed by atoms with Crippen LogP contribution in [-0.2, 0) is 0 Å². The van der Waals surface area contributed by atoms with Crippen LogP contribution in [0.2, 0.25) is 0 Å². The third-order valence-corrected chi connectivity index (χ3v) is 4.03. The first-order valence-corrected chi connectivity index (χ1v) is 6.96. The van der Waals surface area contributed by atoms with Crippen molar-refractivity contribution in [1.29, 1.82) is 0 Å². The predicted molar refractivity (Wildman–Crippen MR) is 69.2 cm³/mol. The number of carbonyl (C=O) groups is 1. The fourth-order valence-corrected chi connectivity index (χ4v) is 2.95. The van der Waals surface area contributed by atoms with Crippen LogP contribution >= 0.6 is 11.3 Å². The normalized spacial score (nSPS) is 22.5. The molecule has 0 radical (unpaired) electrons. The summed E-state index contributed by atoms with van der Waals surface area (Å²) in [6, 6.07) is 0.192. The first-order chi connectivity index (χ1) is 8.09. The molecule has 1 fully saturated rings. The van der Waals surface area contributed by atoms with Crippen LogP contribution in [0.3, 0.4) is 0 Å². The van der Waals surface area contributed by atoms with Crippen molar-refractivity contribution >= 4 is 17.2 Å². The third-order valence-electron chi connectivity index (χ3n) is 3.26. The lowest BCUT2D eigenvalue weighted by Crippen LogP contribution is -2.51. The minimum Gasteiger partial charge on any atom is -0.333 e. The lowest BCUT2D eigenvalue weighted by atomic mass is 9.96. The summed E-state index contributed by atoms with van der Waals surface area (Å²) in [6.45, 7) is 4.70. The number of nitrogens with two attached hydrogens (primary N) is 1. The van der Waals surface area contributed by atoms with Crippen LogP contribution in [0.15, 0.2) is 5.38 Å². The molecule has 1 aliphatic heterocycles. The molecule has 2 rings (SSSR count). The molecule has 5 heteroatoms. The number of likely N-dealkylation sites (tertiary alicyclic amines) is 1. The standard InChI is InChI=1S/C12H19N3OS/c1-8(13)11-5-3-4-6-15(11)12(16)10-7-17-9(2)14-10/h7-8,11H,3-6,13H2,1-2H3/t8-,11+/m0/s1. The number of aryl methyl sites for hydroxylation is 1. The maximum absolute atomic E-state index is 12.3. The molecule has 0 unspecified atom stereocenters. The van der Waals surface area contributed by atoms with Crippen LogP contribution in [0.4, 0.5) is 0 Å². The molecule has 0 saturated carbocycles. The smallest absolute Gasteiger partial charge is 0.273 e. The van der Waals surface area contributed by atoms with Gasteiger partial charge in [0.15, 0.2) is 0 Å². The van der Waals surface area contributed by atoms with Gasteiger partial charge in [-0.3, -0.25) is 4.79 Å². The fourth-order valence-electron chi connectivity index (χ4n) is 2.36. The first kappa shape index (κ1) is 12.5. The first-order valence-electron chi connectivity index (χ1n) is 6.08. The van der Waals surface area contributed by atoms with Gasteiger partial charge in [0.2, 0.25) is 0 Å². The van der Waals surface area contributed by atoms with E-state index in [1.54, 1.807) is 0 Å². The van der Waals surface area contributed by atoms with Gasteiger partial charge in [0.05, 0.1) is 5.01 Å². The minimum absolute atomic E-state index is 0.0268. The van der Waals surface area contributed by atoms with E-state index in [1.165, 1.54) is 11.3 Å². The number of thiazole rings is 1. The maximum Gasteiger partial charge on any atom is 0.273 e. The Morgan fingerprint density at radius 3 is 3.00 bits per heavy atom. The summed E-state index contributed by atoms with van der Waals surface area (Å²) in [7, 11) is 0. The van der Waals surface area contributed by atoms with Gasteiger partial charge in [0.1, 0.15) is 5.69 Å². The average Bonchev–Trinajstić information content (AvgIpc) is 2.75. The van der Waals surface area contributed by atoms with Crippen LogP contribution in [-0.4, -0.2) is 34.4 Å². The minimum atomic E-state index is 0.0268. The van der Waals surface area contributed by atoms with Crippen molar-refractivity contribution in [3.63, 3.8) is 0 Å². The molecule has 0 aromatic carbocycles. The molecule has 2 heterocycles. The largest absolute Gasteiger partial charge is 0.333 e. The van der Waals surface area contributed by atoms with Crippen LogP contribution in [0.25, 0.3) is 0 Å². The van der Waals surface area contributed by atoms with Crippen LogP contribution in [0, 0.1) is 6.92 Å². The van der Waals surface area contributed by atoms with E-state index < -0.39 is 0 Å². The van der Waals surface area contributed by atoms with Gasteiger partial charge in [-0.15, -0.1) is 11.3 Å². The number of hydrogen-bond acceptors (Lipinski definition) is 4. The zero-order chi connectivity index (χ0) is 12.4. The third kappa shape index (κ3) is 2.66. The lowest BCUT2D eigenvalue weighted by molar-refractivity contribution is 0.0578. The van der Waals surface area contributed by atoms with E-state index >= 15 is 0 Å². The van der Waals surface area contributed by atoms with Gasteiger partial charge >= 0.3 is 0 Å². The van der Waals surface area contributed by atoms with Gasteiger partial charge in [0.25, 0.3) is 5.91 Å². The van der Waals surface area contributed by atoms with Gasteiger partial charge in [0, 0.05) is 24.0 Å². The summed E-state index contributed by atoms with van der Waals surface area (Å²) in [5, 5.41) is 2.77. The van der Waals surface area contributed by atoms with E-state index in [2.05, 4.69) is 4.98 Å². The Labute approximate surface area is 106 Å². The topological polar surface area (TPSA) is 59.2 Å². The van der Waals surface area contributed by atoms with E-state index in [1.807, 2.05) is 24.1 Å². The Balaban J connectivity index is 2.16. The molecule has 0 bridgehead atoms. The van der Waals surface area contributed by atoms with Crippen molar-refractivity contribution in [2.75, 3.05) is 6.54 Å². The highest BCUT2D eigenvalue weighted by molar-refractivity contribution is 7.09. The lowest BCUT2D eigenvalue weighted by Gasteiger charge is -2.37. The second kappa shape index (κ2) is 5.14. The second-order valence-corrected chi connectivity index (χ2v) is 5.73. The Hall–Kier alpha value is -0.940. The molecule has 17 heavy (non-hydrogen) atoms. The number of piperidine rings is 1. The fraction of sp³-hybridized carbons (Fsp3) is 0.667. The van der Waals surface area contributed by atoms with Crippen molar-refractivity contribution in [2.45, 2.75) is 45.2 Å². The average molecular weight is 253 g/mol. The maximum atomic E-state index is 12.3. The second-order valence-electron chi connectivity index (χ2n) is 4.67. The van der Waals surface area contributed by atoms with Gasteiger partial charge in [-0.25, -0.2) is 4.98 Å². The summed E-state index contributed by atoms with van der Waals surface area (Å²) < 4.78 is 0. The van der Waals surface area contributed by atoms with Gasteiger partial charge in [-0.2, -0.15) is 0 Å². The molecule has 4 nitrogen and oxygen atoms in total. The number of amides is 1. The van der Waals surface area contributed by atoms with Crippen molar-refractivity contribution < 1.29 is 4.79 Å². The highest BCUT2D eigenvalue weighted by Gasteiger charge is 2.30. The molecule has 1 aromatic heterocycles. The Morgan fingerprint density at radius 2 is 2.41 bits per heavy atom. The molecule has 1 aromatic rings. The summed E-state index contributed by atoms with van der Waals surface area (Å²) in [5.74, 6) is 0.0383. The molecule has 2 atom stereocenters. The summed E-state index contributed by atoms with van der Waals surface area (Å²) in [5.41, 5.74) is 6.54. The van der Waals surface area contributed by atoms with Gasteiger partial charge in [-0.1, -0.05) is 0 Å². The van der Waals surface area contributed by atoms with Crippen molar-refractivity contribution in [2.24, 2.45) is 5.73 Å². The SMILES string of the molecule is Cc1nc(C(=O)N2CCCC[C@@H]2[C@H](C)N)cs1. The molecule has 1 aliphatic rings. The molecule has 1 amide bonds. The van der Waals surface area contributed by atoms with Crippen molar-refractivity contribution in [1.82, 2.24) is 9.88 Å². The highest BCUT2D eigenvalue weighted by Crippen LogP contribution is 2.22. The Kier molecular flexibility index (Phi) is 3.79. The molecule has 2 N–H and O–H groups in total. The van der Waals surface area contributed by atoms with Crippen molar-refractivity contribution in [3.05, 3.63) is 16.1 Å². The van der Waals surface area contributed by atoms with Crippen LogP contribution in [0.1, 0.15) is 41.7 Å². The van der Waals surface area contributed by atoms with E-state index in [0.717, 1.165) is 30.8 Å². The number of hydrogen-bond donors (Lipinski definition) is 1. The Bertz CT molecular complexity index is 402. The summed E-state index contributed by atoms with van der Waals surface area (Å²) >= 11 is 1.52. The molecule has 0 aliphatic carbocycles. The summed E-state index contributed by atoms with van der Waals surface area (Å²) in [6.07, 6.45) is 3.23. The molecular weight excluding hydrogens is 234 g/mol. The summed E-state index contributed by atoms with van der Waals surface area (Å²) in [4.78, 5) is 18.5. The van der Waals surface area contributed by atoms with Gasteiger partial charge in [-0.05, 0) is 33.1 Å². The molecular formula is C12H19N3OS. The number of aromatic nitrogens is 1. The van der Waals surface area contributed by atoms with Crippen LogP contribution < -0.4 is 5.73 Å². The molecule has 0 spiro atoms. The van der Waals surface area contributed by atoms with E-state index in [0.29, 0.717) is 5.69 Å². The number of carbonyl (C=O) groups excluding carboxylic acids is 1. The van der Waals surface area contributed by atoms with Gasteiger partial charge < -0.3 is 10.6 Å². The highest BCUT2D eigenvalue weighted by atomic mass is 32.1. The predicted octanol–water partition coefficient (Wildman–Crippen LogP) is 1.79. The van der Waals surface area contributed by atoms with Crippen LogP contribution in [0.5, 0.6) is 0 Å². The monoisotopic (exact) mass is 253 g/mol. The number of nitrogens with zero attached hydrogens (tertiary/aromatic N) is 2. The number of rotatable bonds is 2. The zero-order valence-corrected chi connectivity index (χ0v) is 11.2. The van der Waals surface area contributed by atoms with E-state index in [-0.39, 0.29) is 18.0 Å². The van der Waals surface area contributed by atoms with E-state index in [4.69, 9.17) is 5.73 Å². The molecule has 94 valence electrons. The zero-order valence-electron chi connectivity index (χ0n) is 10.3.